The van der Waals surface area contributed by atoms with E-state index in [0.29, 0.717) is 17.9 Å². The van der Waals surface area contributed by atoms with Crippen LogP contribution in [0.1, 0.15) is 46.3 Å². The standard InChI is InChI=1S/C24H27N9O2S/c1-3-33-18-7-6-15(10-16(18)11-27-33)24(35)28-17-5-4-8-32(13-17)19-12-26-21(22(25)34)23(29-19)30-20-9-14(2)31-36-20/h6-7,9-12,17H,3-5,8,13H2,1-2H3,(H2,25,34)(H,28,35)(H,29,30). The summed E-state index contributed by atoms with van der Waals surface area (Å²) < 4.78 is 6.15. The zero-order valence-electron chi connectivity index (χ0n) is 20.1. The van der Waals surface area contributed by atoms with Gasteiger partial charge in [0.05, 0.1) is 23.6 Å². The van der Waals surface area contributed by atoms with Gasteiger partial charge < -0.3 is 21.3 Å². The van der Waals surface area contributed by atoms with Crippen LogP contribution in [0.4, 0.5) is 16.6 Å². The van der Waals surface area contributed by atoms with Crippen LogP contribution in [0.15, 0.2) is 36.7 Å². The smallest absolute Gasteiger partial charge is 0.271 e. The minimum atomic E-state index is -0.664. The van der Waals surface area contributed by atoms with Gasteiger partial charge in [0.2, 0.25) is 0 Å². The van der Waals surface area contributed by atoms with Crippen LogP contribution in [-0.4, -0.2) is 55.1 Å². The lowest BCUT2D eigenvalue weighted by atomic mass is 10.0. The highest BCUT2D eigenvalue weighted by molar-refractivity contribution is 7.10. The molecular weight excluding hydrogens is 478 g/mol. The normalized spacial score (nSPS) is 15.7. The SMILES string of the molecule is CCn1ncc2cc(C(=O)NC3CCCN(c4cnc(C(N)=O)c(Nc5cc(C)ns5)n4)C3)ccc21. The van der Waals surface area contributed by atoms with Gasteiger partial charge in [-0.3, -0.25) is 14.3 Å². The van der Waals surface area contributed by atoms with Crippen LogP contribution >= 0.6 is 11.5 Å². The molecule has 1 fully saturated rings. The van der Waals surface area contributed by atoms with Gasteiger partial charge in [-0.15, -0.1) is 0 Å². The highest BCUT2D eigenvalue weighted by atomic mass is 32.1. The van der Waals surface area contributed by atoms with Crippen molar-refractivity contribution in [3.8, 4) is 0 Å². The van der Waals surface area contributed by atoms with E-state index in [1.165, 1.54) is 11.5 Å². The summed E-state index contributed by atoms with van der Waals surface area (Å²) in [4.78, 5) is 35.9. The van der Waals surface area contributed by atoms with E-state index < -0.39 is 5.91 Å². The molecule has 4 heterocycles. The molecule has 0 saturated carbocycles. The Hall–Kier alpha value is -4.06. The van der Waals surface area contributed by atoms with Crippen molar-refractivity contribution in [1.82, 2.24) is 29.4 Å². The number of aryl methyl sites for hydroxylation is 2. The van der Waals surface area contributed by atoms with Gasteiger partial charge in [0.25, 0.3) is 11.8 Å². The number of primary amides is 1. The summed E-state index contributed by atoms with van der Waals surface area (Å²) >= 11 is 1.27. The fourth-order valence-electron chi connectivity index (χ4n) is 4.39. The number of nitrogens with one attached hydrogen (secondary N) is 2. The molecule has 2 amide bonds. The van der Waals surface area contributed by atoms with Gasteiger partial charge >= 0.3 is 0 Å². The van der Waals surface area contributed by atoms with E-state index in [0.717, 1.165) is 47.5 Å². The number of piperidine rings is 1. The monoisotopic (exact) mass is 505 g/mol. The Morgan fingerprint density at radius 1 is 1.25 bits per heavy atom. The Labute approximate surface area is 211 Å². The summed E-state index contributed by atoms with van der Waals surface area (Å²) in [5.41, 5.74) is 8.05. The van der Waals surface area contributed by atoms with Crippen LogP contribution in [0.3, 0.4) is 0 Å². The number of anilines is 3. The number of aromatic nitrogens is 5. The van der Waals surface area contributed by atoms with E-state index in [9.17, 15) is 9.59 Å². The molecule has 12 heteroatoms. The summed E-state index contributed by atoms with van der Waals surface area (Å²) in [5.74, 6) is 0.112. The zero-order valence-corrected chi connectivity index (χ0v) is 20.9. The largest absolute Gasteiger partial charge is 0.364 e. The number of nitrogens with zero attached hydrogens (tertiary/aromatic N) is 6. The molecule has 1 aliphatic rings. The Morgan fingerprint density at radius 3 is 2.86 bits per heavy atom. The van der Waals surface area contributed by atoms with Crippen molar-refractivity contribution in [2.75, 3.05) is 23.3 Å². The second kappa shape index (κ2) is 9.90. The number of carbonyl (C=O) groups is 2. The van der Waals surface area contributed by atoms with Gasteiger partial charge in [-0.05, 0) is 62.5 Å². The van der Waals surface area contributed by atoms with Crippen molar-refractivity contribution in [3.05, 3.63) is 53.6 Å². The van der Waals surface area contributed by atoms with Crippen molar-refractivity contribution < 1.29 is 9.59 Å². The number of hydrogen-bond donors (Lipinski definition) is 3. The first-order valence-corrected chi connectivity index (χ1v) is 12.6. The lowest BCUT2D eigenvalue weighted by Gasteiger charge is -2.34. The first kappa shape index (κ1) is 23.7. The molecule has 0 spiro atoms. The summed E-state index contributed by atoms with van der Waals surface area (Å²) in [5, 5.41) is 12.3. The van der Waals surface area contributed by atoms with Gasteiger partial charge in [0, 0.05) is 36.6 Å². The third-order valence-corrected chi connectivity index (χ3v) is 6.94. The quantitative estimate of drug-likeness (QED) is 0.348. The van der Waals surface area contributed by atoms with E-state index in [2.05, 4.69) is 35.0 Å². The van der Waals surface area contributed by atoms with E-state index in [-0.39, 0.29) is 23.5 Å². The van der Waals surface area contributed by atoms with E-state index in [4.69, 9.17) is 5.73 Å². The first-order valence-electron chi connectivity index (χ1n) is 11.8. The predicted octanol–water partition coefficient (Wildman–Crippen LogP) is 2.85. The van der Waals surface area contributed by atoms with E-state index >= 15 is 0 Å². The highest BCUT2D eigenvalue weighted by Gasteiger charge is 2.25. The van der Waals surface area contributed by atoms with E-state index in [1.807, 2.05) is 42.8 Å². The maximum absolute atomic E-state index is 13.0. The van der Waals surface area contributed by atoms with Gasteiger partial charge in [-0.25, -0.2) is 9.97 Å². The third kappa shape index (κ3) is 4.85. The molecule has 5 rings (SSSR count). The van der Waals surface area contributed by atoms with Crippen molar-refractivity contribution in [2.24, 2.45) is 5.73 Å². The summed E-state index contributed by atoms with van der Waals surface area (Å²) in [6, 6.07) is 7.44. The van der Waals surface area contributed by atoms with Gasteiger partial charge in [-0.1, -0.05) is 0 Å². The fraction of sp³-hybridized carbons (Fsp3) is 0.333. The predicted molar refractivity (Wildman–Crippen MR) is 139 cm³/mol. The van der Waals surface area contributed by atoms with Crippen LogP contribution in [0.5, 0.6) is 0 Å². The number of amides is 2. The average molecular weight is 506 g/mol. The summed E-state index contributed by atoms with van der Waals surface area (Å²) in [6.45, 7) is 6.03. The minimum absolute atomic E-state index is 0.0570. The molecule has 11 nitrogen and oxygen atoms in total. The maximum atomic E-state index is 13.0. The second-order valence-electron chi connectivity index (χ2n) is 8.74. The number of rotatable bonds is 7. The molecule has 36 heavy (non-hydrogen) atoms. The molecule has 0 radical (unpaired) electrons. The van der Waals surface area contributed by atoms with Crippen LogP contribution < -0.4 is 21.3 Å². The lowest BCUT2D eigenvalue weighted by molar-refractivity contribution is 0.0932. The van der Waals surface area contributed by atoms with Gasteiger partial charge in [0.1, 0.15) is 10.8 Å². The van der Waals surface area contributed by atoms with Crippen molar-refractivity contribution >= 4 is 50.9 Å². The molecule has 4 N–H and O–H groups in total. The molecule has 1 aliphatic heterocycles. The van der Waals surface area contributed by atoms with Crippen molar-refractivity contribution in [2.45, 2.75) is 39.3 Å². The third-order valence-electron chi connectivity index (χ3n) is 6.15. The number of nitrogens with two attached hydrogens (primary N) is 1. The molecule has 186 valence electrons. The Kier molecular flexibility index (Phi) is 6.51. The summed E-state index contributed by atoms with van der Waals surface area (Å²) in [6.07, 6.45) is 5.07. The first-order chi connectivity index (χ1) is 17.4. The van der Waals surface area contributed by atoms with E-state index in [1.54, 1.807) is 12.4 Å². The minimum Gasteiger partial charge on any atom is -0.364 e. The van der Waals surface area contributed by atoms with Crippen LogP contribution in [-0.2, 0) is 6.54 Å². The van der Waals surface area contributed by atoms with Crippen LogP contribution in [0.25, 0.3) is 10.9 Å². The topological polar surface area (TPSA) is 144 Å². The molecule has 1 unspecified atom stereocenters. The lowest BCUT2D eigenvalue weighted by Crippen LogP contribution is -2.48. The Morgan fingerprint density at radius 2 is 2.11 bits per heavy atom. The molecule has 1 saturated heterocycles. The summed E-state index contributed by atoms with van der Waals surface area (Å²) in [7, 11) is 0. The van der Waals surface area contributed by atoms with Crippen LogP contribution in [0.2, 0.25) is 0 Å². The van der Waals surface area contributed by atoms with Crippen molar-refractivity contribution in [1.29, 1.82) is 0 Å². The molecule has 0 aliphatic carbocycles. The van der Waals surface area contributed by atoms with Gasteiger partial charge in [-0.2, -0.15) is 9.47 Å². The average Bonchev–Trinajstić information content (AvgIpc) is 3.48. The molecular formula is C24H27N9O2S. The highest BCUT2D eigenvalue weighted by Crippen LogP contribution is 2.26. The van der Waals surface area contributed by atoms with Gasteiger partial charge in [0.15, 0.2) is 11.5 Å². The second-order valence-corrected chi connectivity index (χ2v) is 9.54. The molecule has 4 aromatic rings. The molecule has 1 atom stereocenters. The number of benzene rings is 1. The fourth-order valence-corrected chi connectivity index (χ4v) is 5.05. The number of fused-ring (bicyclic) bond motifs is 1. The number of carbonyl (C=O) groups excluding carboxylic acids is 2. The van der Waals surface area contributed by atoms with Crippen molar-refractivity contribution in [3.63, 3.8) is 0 Å². The molecule has 0 bridgehead atoms. The van der Waals surface area contributed by atoms with Crippen LogP contribution in [0, 0.1) is 6.92 Å². The zero-order chi connectivity index (χ0) is 25.2. The number of hydrogen-bond acceptors (Lipinski definition) is 9. The maximum Gasteiger partial charge on any atom is 0.271 e. The Bertz CT molecular complexity index is 1430. The molecule has 1 aromatic carbocycles. The Balaban J connectivity index is 1.31. The molecule has 3 aromatic heterocycles.